The molecule has 1 aromatic carbocycles. The Balaban J connectivity index is 2.61. The minimum absolute atomic E-state index is 0.174. The van der Waals surface area contributed by atoms with Crippen molar-refractivity contribution >= 4 is 28.3 Å². The summed E-state index contributed by atoms with van der Waals surface area (Å²) < 4.78 is 12.0. The Morgan fingerprint density at radius 1 is 1.33 bits per heavy atom. The van der Waals surface area contributed by atoms with Crippen LogP contribution in [0.1, 0.15) is 26.3 Å². The zero-order chi connectivity index (χ0) is 13.8. The maximum absolute atomic E-state index is 8.81. The van der Waals surface area contributed by atoms with Crippen LogP contribution in [0.15, 0.2) is 12.1 Å². The van der Waals surface area contributed by atoms with Gasteiger partial charge in [-0.3, -0.25) is 0 Å². The van der Waals surface area contributed by atoms with Gasteiger partial charge in [-0.15, -0.1) is 0 Å². The van der Waals surface area contributed by atoms with Crippen molar-refractivity contribution in [1.82, 2.24) is 0 Å². The Morgan fingerprint density at radius 3 is 2.50 bits per heavy atom. The summed E-state index contributed by atoms with van der Waals surface area (Å²) in [6, 6.07) is 5.42. The molecule has 0 amide bonds. The zero-order valence-electron chi connectivity index (χ0n) is 10.8. The number of nitrogens with zero attached hydrogens (tertiary/aromatic N) is 1. The summed E-state index contributed by atoms with van der Waals surface area (Å²) >= 11 is 2.11. The summed E-state index contributed by atoms with van der Waals surface area (Å²) in [5, 5.41) is 8.81. The van der Waals surface area contributed by atoms with Gasteiger partial charge in [0.1, 0.15) is 6.61 Å². The van der Waals surface area contributed by atoms with Crippen LogP contribution >= 0.6 is 22.6 Å². The molecule has 0 atom stereocenters. The molecule has 0 aliphatic rings. The first-order chi connectivity index (χ1) is 8.33. The van der Waals surface area contributed by atoms with E-state index < -0.39 is 0 Å². The molecule has 18 heavy (non-hydrogen) atoms. The molecule has 0 saturated heterocycles. The molecule has 0 aliphatic carbocycles. The largest absolute Gasteiger partial charge is 0.488 e. The first-order valence-corrected chi connectivity index (χ1v) is 6.67. The van der Waals surface area contributed by atoms with Gasteiger partial charge in [0.05, 0.1) is 33.1 Å². The van der Waals surface area contributed by atoms with E-state index >= 15 is 0 Å². The summed E-state index contributed by atoms with van der Waals surface area (Å²) in [7, 11) is 0. The molecular formula is C13H17IN2O2. The predicted molar refractivity (Wildman–Crippen MR) is 79.5 cm³/mol. The average Bonchev–Trinajstić information content (AvgIpc) is 2.25. The quantitative estimate of drug-likeness (QED) is 0.509. The average molecular weight is 360 g/mol. The molecule has 1 aromatic rings. The normalized spacial score (nSPS) is 11.1. The molecule has 98 valence electrons. The van der Waals surface area contributed by atoms with Gasteiger partial charge in [-0.25, -0.2) is 0 Å². The second-order valence-corrected chi connectivity index (χ2v) is 5.96. The Morgan fingerprint density at radius 2 is 2.00 bits per heavy atom. The van der Waals surface area contributed by atoms with Crippen molar-refractivity contribution < 1.29 is 9.47 Å². The topological polar surface area (TPSA) is 68.3 Å². The summed E-state index contributed by atoms with van der Waals surface area (Å²) in [5.41, 5.74) is 6.69. The van der Waals surface area contributed by atoms with Gasteiger partial charge < -0.3 is 15.2 Å². The van der Waals surface area contributed by atoms with E-state index in [-0.39, 0.29) is 5.60 Å². The van der Waals surface area contributed by atoms with Crippen molar-refractivity contribution in [2.75, 3.05) is 18.9 Å². The summed E-state index contributed by atoms with van der Waals surface area (Å²) in [6.07, 6.45) is 0. The molecule has 2 N–H and O–H groups in total. The van der Waals surface area contributed by atoms with Gasteiger partial charge in [0.2, 0.25) is 0 Å². The number of anilines is 1. The third kappa shape index (κ3) is 4.70. The summed E-state index contributed by atoms with van der Waals surface area (Å²) in [5.74, 6) is 0.618. The molecule has 5 heteroatoms. The Bertz CT molecular complexity index is 438. The molecule has 0 aliphatic heterocycles. The number of hydrogen-bond donors (Lipinski definition) is 1. The molecule has 0 saturated carbocycles. The number of benzene rings is 1. The van der Waals surface area contributed by atoms with Gasteiger partial charge in [-0.05, 0) is 55.5 Å². The number of rotatable bonds is 4. The lowest BCUT2D eigenvalue weighted by Crippen LogP contribution is -2.22. The molecule has 0 aromatic heterocycles. The van der Waals surface area contributed by atoms with Gasteiger partial charge in [0.15, 0.2) is 5.75 Å². The first kappa shape index (κ1) is 15.1. The smallest absolute Gasteiger partial charge is 0.155 e. The third-order valence-electron chi connectivity index (χ3n) is 2.07. The monoisotopic (exact) mass is 360 g/mol. The number of ether oxygens (including phenoxy) is 2. The molecule has 0 fully saturated rings. The molecule has 0 spiro atoms. The van der Waals surface area contributed by atoms with Crippen LogP contribution in [0.25, 0.3) is 0 Å². The van der Waals surface area contributed by atoms with Crippen LogP contribution < -0.4 is 10.5 Å². The van der Waals surface area contributed by atoms with Crippen molar-refractivity contribution in [1.29, 1.82) is 5.26 Å². The zero-order valence-corrected chi connectivity index (χ0v) is 12.9. The number of nitrogen functional groups attached to an aromatic ring is 1. The summed E-state index contributed by atoms with van der Waals surface area (Å²) in [6.45, 7) is 6.91. The molecular weight excluding hydrogens is 343 g/mol. The van der Waals surface area contributed by atoms with Gasteiger partial charge in [0, 0.05) is 0 Å². The fourth-order valence-corrected chi connectivity index (χ4v) is 2.13. The number of hydrogen-bond acceptors (Lipinski definition) is 4. The van der Waals surface area contributed by atoms with E-state index in [9.17, 15) is 0 Å². The standard InChI is InChI=1S/C13H17IN2O2/c1-13(2,3)18-5-4-17-12-10(14)6-9(8-15)7-11(12)16/h6-7H,4-5,16H2,1-3H3. The maximum atomic E-state index is 8.81. The van der Waals surface area contributed by atoms with Gasteiger partial charge in [0.25, 0.3) is 0 Å². The van der Waals surface area contributed by atoms with Crippen LogP contribution in [0.4, 0.5) is 5.69 Å². The Kier molecular flexibility index (Phi) is 5.23. The third-order valence-corrected chi connectivity index (χ3v) is 2.87. The van der Waals surface area contributed by atoms with E-state index in [1.807, 2.05) is 20.8 Å². The SMILES string of the molecule is CC(C)(C)OCCOc1c(N)cc(C#N)cc1I. The highest BCUT2D eigenvalue weighted by Crippen LogP contribution is 2.29. The van der Waals surface area contributed by atoms with E-state index in [0.717, 1.165) is 3.57 Å². The van der Waals surface area contributed by atoms with E-state index in [1.54, 1.807) is 12.1 Å². The van der Waals surface area contributed by atoms with Crippen LogP contribution in [0, 0.1) is 14.9 Å². The van der Waals surface area contributed by atoms with Gasteiger partial charge in [-0.2, -0.15) is 5.26 Å². The molecule has 0 heterocycles. The second-order valence-electron chi connectivity index (χ2n) is 4.80. The predicted octanol–water partition coefficient (Wildman–Crippen LogP) is 2.94. The van der Waals surface area contributed by atoms with Crippen molar-refractivity contribution in [2.24, 2.45) is 0 Å². The highest BCUT2D eigenvalue weighted by Gasteiger charge is 2.11. The number of nitrogens with two attached hydrogens (primary N) is 1. The van der Waals surface area contributed by atoms with E-state index in [1.165, 1.54) is 0 Å². The highest BCUT2D eigenvalue weighted by atomic mass is 127. The number of halogens is 1. The first-order valence-electron chi connectivity index (χ1n) is 5.59. The minimum Gasteiger partial charge on any atom is -0.488 e. The maximum Gasteiger partial charge on any atom is 0.155 e. The van der Waals surface area contributed by atoms with Crippen molar-refractivity contribution in [2.45, 2.75) is 26.4 Å². The fraction of sp³-hybridized carbons (Fsp3) is 0.462. The van der Waals surface area contributed by atoms with Crippen LogP contribution in [0.2, 0.25) is 0 Å². The van der Waals surface area contributed by atoms with Crippen molar-refractivity contribution in [3.05, 3.63) is 21.3 Å². The molecule has 0 bridgehead atoms. The lowest BCUT2D eigenvalue weighted by atomic mass is 10.2. The Labute approximate surface area is 121 Å². The second kappa shape index (κ2) is 6.25. The van der Waals surface area contributed by atoms with E-state index in [0.29, 0.717) is 30.2 Å². The Hall–Kier alpha value is -1.00. The van der Waals surface area contributed by atoms with Crippen LogP contribution in [0.5, 0.6) is 5.75 Å². The molecule has 0 radical (unpaired) electrons. The lowest BCUT2D eigenvalue weighted by molar-refractivity contribution is -0.0163. The fourth-order valence-electron chi connectivity index (χ4n) is 1.32. The van der Waals surface area contributed by atoms with E-state index in [4.69, 9.17) is 20.5 Å². The van der Waals surface area contributed by atoms with Crippen LogP contribution in [-0.4, -0.2) is 18.8 Å². The van der Waals surface area contributed by atoms with Crippen LogP contribution in [-0.2, 0) is 4.74 Å². The number of nitriles is 1. The lowest BCUT2D eigenvalue weighted by Gasteiger charge is -2.20. The van der Waals surface area contributed by atoms with E-state index in [2.05, 4.69) is 28.7 Å². The highest BCUT2D eigenvalue weighted by molar-refractivity contribution is 14.1. The van der Waals surface area contributed by atoms with Crippen molar-refractivity contribution in [3.8, 4) is 11.8 Å². The molecule has 0 unspecified atom stereocenters. The summed E-state index contributed by atoms with van der Waals surface area (Å²) in [4.78, 5) is 0. The minimum atomic E-state index is -0.174. The molecule has 1 rings (SSSR count). The van der Waals surface area contributed by atoms with Gasteiger partial charge >= 0.3 is 0 Å². The van der Waals surface area contributed by atoms with Crippen LogP contribution in [0.3, 0.4) is 0 Å². The van der Waals surface area contributed by atoms with Gasteiger partial charge in [-0.1, -0.05) is 0 Å². The van der Waals surface area contributed by atoms with Crippen molar-refractivity contribution in [3.63, 3.8) is 0 Å². The molecule has 4 nitrogen and oxygen atoms in total.